The van der Waals surface area contributed by atoms with Crippen LogP contribution in [0.15, 0.2) is 24.3 Å². The van der Waals surface area contributed by atoms with Gasteiger partial charge in [-0.1, -0.05) is 18.2 Å². The van der Waals surface area contributed by atoms with E-state index in [1.807, 2.05) is 6.07 Å². The van der Waals surface area contributed by atoms with Gasteiger partial charge in [0.25, 0.3) is 0 Å². The predicted molar refractivity (Wildman–Crippen MR) is 50.1 cm³/mol. The number of fused-ring (bicyclic) bond motifs is 1. The number of allylic oxidation sites excluding steroid dienone is 2. The van der Waals surface area contributed by atoms with Crippen molar-refractivity contribution in [2.75, 3.05) is 0 Å². The maximum absolute atomic E-state index is 9.52. The lowest BCUT2D eigenvalue weighted by Crippen LogP contribution is -1.80. The summed E-state index contributed by atoms with van der Waals surface area (Å²) in [6.45, 7) is 2.05. The van der Waals surface area contributed by atoms with E-state index < -0.39 is 0 Å². The van der Waals surface area contributed by atoms with Crippen molar-refractivity contribution in [1.29, 1.82) is 0 Å². The van der Waals surface area contributed by atoms with Crippen LogP contribution in [-0.4, -0.2) is 5.11 Å². The van der Waals surface area contributed by atoms with Gasteiger partial charge in [0.2, 0.25) is 0 Å². The molecule has 0 fully saturated rings. The third-order valence-electron chi connectivity index (χ3n) is 2.49. The zero-order chi connectivity index (χ0) is 8.55. The molecule has 1 N–H and O–H groups in total. The summed E-state index contributed by atoms with van der Waals surface area (Å²) in [6, 6.07) is 5.75. The molecular formula is C11H12O. The molecule has 1 aliphatic carbocycles. The summed E-state index contributed by atoms with van der Waals surface area (Å²) < 4.78 is 0. The van der Waals surface area contributed by atoms with E-state index in [0.717, 1.165) is 18.4 Å². The Bertz CT molecular complexity index is 337. The highest BCUT2D eigenvalue weighted by Crippen LogP contribution is 2.36. The van der Waals surface area contributed by atoms with Crippen molar-refractivity contribution < 1.29 is 5.11 Å². The third kappa shape index (κ3) is 0.934. The number of hydrogen-bond donors (Lipinski definition) is 1. The fourth-order valence-electron chi connectivity index (χ4n) is 1.83. The van der Waals surface area contributed by atoms with E-state index >= 15 is 0 Å². The summed E-state index contributed by atoms with van der Waals surface area (Å²) in [5, 5.41) is 9.52. The van der Waals surface area contributed by atoms with E-state index in [9.17, 15) is 5.11 Å². The van der Waals surface area contributed by atoms with Crippen LogP contribution in [0.4, 0.5) is 0 Å². The molecular weight excluding hydrogens is 148 g/mol. The summed E-state index contributed by atoms with van der Waals surface area (Å²) in [7, 11) is 0. The molecule has 1 aromatic carbocycles. The first kappa shape index (κ1) is 7.41. The van der Waals surface area contributed by atoms with E-state index in [2.05, 4.69) is 19.1 Å². The van der Waals surface area contributed by atoms with Gasteiger partial charge in [0.1, 0.15) is 5.75 Å². The first-order valence-corrected chi connectivity index (χ1v) is 4.29. The number of phenols is 1. The molecule has 0 radical (unpaired) electrons. The van der Waals surface area contributed by atoms with Gasteiger partial charge < -0.3 is 5.11 Å². The summed E-state index contributed by atoms with van der Waals surface area (Å²) in [5.41, 5.74) is 3.71. The monoisotopic (exact) mass is 160 g/mol. The van der Waals surface area contributed by atoms with Crippen molar-refractivity contribution in [3.63, 3.8) is 0 Å². The SMILES string of the molecule is C/C=C1\CCc2c(O)cccc21. The molecule has 12 heavy (non-hydrogen) atoms. The van der Waals surface area contributed by atoms with Crippen LogP contribution in [0.1, 0.15) is 24.5 Å². The highest BCUT2D eigenvalue weighted by Gasteiger charge is 2.17. The van der Waals surface area contributed by atoms with Gasteiger partial charge in [-0.05, 0) is 37.0 Å². The topological polar surface area (TPSA) is 20.2 Å². The normalized spacial score (nSPS) is 18.2. The van der Waals surface area contributed by atoms with Crippen molar-refractivity contribution in [2.24, 2.45) is 0 Å². The molecule has 1 heteroatoms. The minimum absolute atomic E-state index is 0.448. The van der Waals surface area contributed by atoms with Gasteiger partial charge in [-0.15, -0.1) is 0 Å². The minimum atomic E-state index is 0.448. The lowest BCUT2D eigenvalue weighted by molar-refractivity contribution is 0.469. The average Bonchev–Trinajstić information content (AvgIpc) is 2.49. The zero-order valence-corrected chi connectivity index (χ0v) is 7.17. The van der Waals surface area contributed by atoms with Gasteiger partial charge in [-0.2, -0.15) is 0 Å². The fraction of sp³-hybridized carbons (Fsp3) is 0.273. The quantitative estimate of drug-likeness (QED) is 0.618. The van der Waals surface area contributed by atoms with Crippen molar-refractivity contribution in [1.82, 2.24) is 0 Å². The van der Waals surface area contributed by atoms with Crippen LogP contribution in [0.25, 0.3) is 5.57 Å². The molecule has 1 aromatic rings. The molecule has 0 amide bonds. The van der Waals surface area contributed by atoms with Crippen molar-refractivity contribution in [2.45, 2.75) is 19.8 Å². The number of benzene rings is 1. The van der Waals surface area contributed by atoms with Crippen LogP contribution in [0.3, 0.4) is 0 Å². The predicted octanol–water partition coefficient (Wildman–Crippen LogP) is 2.74. The number of phenolic OH excluding ortho intramolecular Hbond substituents is 1. The highest BCUT2D eigenvalue weighted by molar-refractivity contribution is 5.74. The maximum atomic E-state index is 9.52. The first-order chi connectivity index (χ1) is 5.83. The average molecular weight is 160 g/mol. The van der Waals surface area contributed by atoms with Crippen LogP contribution in [0.2, 0.25) is 0 Å². The molecule has 0 heterocycles. The summed E-state index contributed by atoms with van der Waals surface area (Å²) in [4.78, 5) is 0. The minimum Gasteiger partial charge on any atom is -0.508 e. The highest BCUT2D eigenvalue weighted by atomic mass is 16.3. The Labute approximate surface area is 72.4 Å². The van der Waals surface area contributed by atoms with Crippen LogP contribution < -0.4 is 0 Å². The van der Waals surface area contributed by atoms with Gasteiger partial charge in [0.05, 0.1) is 0 Å². The summed E-state index contributed by atoms with van der Waals surface area (Å²) >= 11 is 0. The zero-order valence-electron chi connectivity index (χ0n) is 7.17. The maximum Gasteiger partial charge on any atom is 0.119 e. The smallest absolute Gasteiger partial charge is 0.119 e. The van der Waals surface area contributed by atoms with Crippen molar-refractivity contribution >= 4 is 5.57 Å². The van der Waals surface area contributed by atoms with Crippen LogP contribution in [0, 0.1) is 0 Å². The molecule has 62 valence electrons. The lowest BCUT2D eigenvalue weighted by Gasteiger charge is -2.01. The first-order valence-electron chi connectivity index (χ1n) is 4.29. The number of hydrogen-bond acceptors (Lipinski definition) is 1. The molecule has 0 saturated heterocycles. The van der Waals surface area contributed by atoms with E-state index in [4.69, 9.17) is 0 Å². The molecule has 2 rings (SSSR count). The summed E-state index contributed by atoms with van der Waals surface area (Å²) in [5.74, 6) is 0.448. The Balaban J connectivity index is 2.61. The van der Waals surface area contributed by atoms with Gasteiger partial charge in [0, 0.05) is 5.56 Å². The molecule has 0 atom stereocenters. The van der Waals surface area contributed by atoms with Crippen molar-refractivity contribution in [3.8, 4) is 5.75 Å². The van der Waals surface area contributed by atoms with Gasteiger partial charge >= 0.3 is 0 Å². The molecule has 0 aromatic heterocycles. The Hall–Kier alpha value is -1.24. The second-order valence-corrected chi connectivity index (χ2v) is 3.12. The number of rotatable bonds is 0. The van der Waals surface area contributed by atoms with Gasteiger partial charge in [-0.25, -0.2) is 0 Å². The second-order valence-electron chi connectivity index (χ2n) is 3.12. The lowest BCUT2D eigenvalue weighted by atomic mass is 10.1. The van der Waals surface area contributed by atoms with Gasteiger partial charge in [0.15, 0.2) is 0 Å². The van der Waals surface area contributed by atoms with E-state index in [1.165, 1.54) is 11.1 Å². The van der Waals surface area contributed by atoms with Crippen LogP contribution in [-0.2, 0) is 6.42 Å². The molecule has 1 aliphatic rings. The fourth-order valence-corrected chi connectivity index (χ4v) is 1.83. The van der Waals surface area contributed by atoms with Gasteiger partial charge in [-0.3, -0.25) is 0 Å². The molecule has 1 nitrogen and oxygen atoms in total. The molecule has 0 aliphatic heterocycles. The largest absolute Gasteiger partial charge is 0.508 e. The number of aromatic hydroxyl groups is 1. The molecule has 0 unspecified atom stereocenters. The molecule has 0 bridgehead atoms. The molecule has 0 spiro atoms. The Kier molecular flexibility index (Phi) is 1.65. The van der Waals surface area contributed by atoms with Crippen LogP contribution >= 0.6 is 0 Å². The Morgan fingerprint density at radius 3 is 2.92 bits per heavy atom. The second kappa shape index (κ2) is 2.67. The van der Waals surface area contributed by atoms with Crippen LogP contribution in [0.5, 0.6) is 5.75 Å². The Morgan fingerprint density at radius 1 is 1.33 bits per heavy atom. The van der Waals surface area contributed by atoms with E-state index in [1.54, 1.807) is 6.07 Å². The standard InChI is InChI=1S/C11H12O/c1-2-8-6-7-10-9(8)4-3-5-11(10)12/h2-5,12H,6-7H2,1H3/b8-2+. The summed E-state index contributed by atoms with van der Waals surface area (Å²) in [6.07, 6.45) is 4.19. The molecule has 0 saturated carbocycles. The Morgan fingerprint density at radius 2 is 2.17 bits per heavy atom. The van der Waals surface area contributed by atoms with E-state index in [0.29, 0.717) is 5.75 Å². The third-order valence-corrected chi connectivity index (χ3v) is 2.49. The van der Waals surface area contributed by atoms with E-state index in [-0.39, 0.29) is 0 Å². The van der Waals surface area contributed by atoms with Crippen molar-refractivity contribution in [3.05, 3.63) is 35.4 Å².